The number of allylic oxidation sites excluding steroid dienone is 1. The molecule has 1 aliphatic carbocycles. The maximum Gasteiger partial charge on any atom is 0.0439 e. The molecule has 0 nitrogen and oxygen atoms in total. The van der Waals surface area contributed by atoms with Crippen molar-refractivity contribution in [1.82, 2.24) is 0 Å². The van der Waals surface area contributed by atoms with Gasteiger partial charge in [-0.1, -0.05) is 54.7 Å². The maximum absolute atomic E-state index is 6.17. The summed E-state index contributed by atoms with van der Waals surface area (Å²) in [7, 11) is 0. The number of hydrogen-bond donors (Lipinski definition) is 0. The first kappa shape index (κ1) is 13.7. The zero-order valence-electron chi connectivity index (χ0n) is 11.5. The zero-order chi connectivity index (χ0) is 13.0. The van der Waals surface area contributed by atoms with Gasteiger partial charge in [0.25, 0.3) is 0 Å². The van der Waals surface area contributed by atoms with E-state index in [2.05, 4.69) is 38.1 Å². The summed E-state index contributed by atoms with van der Waals surface area (Å²) in [5.41, 5.74) is 5.45. The predicted molar refractivity (Wildman–Crippen MR) is 81.2 cm³/mol. The van der Waals surface area contributed by atoms with Crippen LogP contribution in [0.5, 0.6) is 0 Å². The van der Waals surface area contributed by atoms with E-state index in [1.165, 1.54) is 54.4 Å². The molecular weight excluding hydrogens is 240 g/mol. The smallest absolute Gasteiger partial charge is 0.0439 e. The van der Waals surface area contributed by atoms with E-state index in [0.717, 1.165) is 5.92 Å². The summed E-state index contributed by atoms with van der Waals surface area (Å²) >= 11 is 6.17. The summed E-state index contributed by atoms with van der Waals surface area (Å²) in [5, 5.41) is 0. The average molecular weight is 263 g/mol. The fraction of sp³-hybridized carbons (Fsp3) is 0.529. The minimum Gasteiger partial charge on any atom is -0.122 e. The monoisotopic (exact) mass is 262 g/mol. The summed E-state index contributed by atoms with van der Waals surface area (Å²) < 4.78 is 0. The molecule has 0 aromatic heterocycles. The minimum atomic E-state index is 0.679. The van der Waals surface area contributed by atoms with Gasteiger partial charge in [-0.15, -0.1) is 11.6 Å². The molecule has 1 aromatic rings. The van der Waals surface area contributed by atoms with Crippen LogP contribution in [-0.4, -0.2) is 5.88 Å². The molecule has 0 unspecified atom stereocenters. The van der Waals surface area contributed by atoms with Crippen LogP contribution >= 0.6 is 11.6 Å². The van der Waals surface area contributed by atoms with Crippen LogP contribution in [0.1, 0.15) is 48.8 Å². The van der Waals surface area contributed by atoms with E-state index in [0.29, 0.717) is 5.88 Å². The lowest BCUT2D eigenvalue weighted by molar-refractivity contribution is 0.405. The number of alkyl halides is 1. The number of halogens is 1. The van der Waals surface area contributed by atoms with E-state index in [9.17, 15) is 0 Å². The summed E-state index contributed by atoms with van der Waals surface area (Å²) in [6.45, 7) is 4.33. The molecule has 0 saturated heterocycles. The van der Waals surface area contributed by atoms with E-state index in [-0.39, 0.29) is 0 Å². The van der Waals surface area contributed by atoms with Gasteiger partial charge in [-0.25, -0.2) is 0 Å². The molecule has 2 rings (SSSR count). The summed E-state index contributed by atoms with van der Waals surface area (Å²) in [5.74, 6) is 1.40. The molecule has 0 N–H and O–H groups in total. The largest absolute Gasteiger partial charge is 0.122 e. The number of aryl methyl sites for hydroxylation is 2. The average Bonchev–Trinajstić information content (AvgIpc) is 2.39. The Labute approximate surface area is 116 Å². The minimum absolute atomic E-state index is 0.679. The van der Waals surface area contributed by atoms with Crippen LogP contribution in [0, 0.1) is 19.8 Å². The Hall–Kier alpha value is -0.750. The molecule has 1 fully saturated rings. The van der Waals surface area contributed by atoms with Gasteiger partial charge in [0.15, 0.2) is 0 Å². The van der Waals surface area contributed by atoms with Crippen molar-refractivity contribution in [2.24, 2.45) is 5.92 Å². The molecule has 98 valence electrons. The van der Waals surface area contributed by atoms with Gasteiger partial charge in [-0.3, -0.25) is 0 Å². The lowest BCUT2D eigenvalue weighted by Gasteiger charge is -2.23. The van der Waals surface area contributed by atoms with Gasteiger partial charge < -0.3 is 0 Å². The van der Waals surface area contributed by atoms with E-state index in [1.54, 1.807) is 0 Å². The molecule has 1 aliphatic rings. The molecular formula is C17H23Cl. The molecule has 1 heteroatoms. The van der Waals surface area contributed by atoms with Gasteiger partial charge >= 0.3 is 0 Å². The SMILES string of the molecule is Cc1ccc(C=C(CCl)C2CCCCC2)c(C)c1. The second-order valence-corrected chi connectivity index (χ2v) is 5.82. The molecule has 18 heavy (non-hydrogen) atoms. The van der Waals surface area contributed by atoms with Crippen molar-refractivity contribution >= 4 is 17.7 Å². The summed E-state index contributed by atoms with van der Waals surface area (Å²) in [6.07, 6.45) is 9.11. The predicted octanol–water partition coefficient (Wildman–Crippen LogP) is 5.51. The van der Waals surface area contributed by atoms with Crippen molar-refractivity contribution in [3.63, 3.8) is 0 Å². The lowest BCUT2D eigenvalue weighted by atomic mass is 9.83. The summed E-state index contributed by atoms with van der Waals surface area (Å²) in [6, 6.07) is 6.66. The Morgan fingerprint density at radius 2 is 1.94 bits per heavy atom. The normalized spacial score (nSPS) is 18.1. The lowest BCUT2D eigenvalue weighted by Crippen LogP contribution is -2.10. The zero-order valence-corrected chi connectivity index (χ0v) is 12.3. The maximum atomic E-state index is 6.17. The number of benzene rings is 1. The van der Waals surface area contributed by atoms with Gasteiger partial charge in [0, 0.05) is 5.88 Å². The van der Waals surface area contributed by atoms with Gasteiger partial charge in [0.1, 0.15) is 0 Å². The summed E-state index contributed by atoms with van der Waals surface area (Å²) in [4.78, 5) is 0. The molecule has 1 aromatic carbocycles. The second kappa shape index (κ2) is 6.43. The Morgan fingerprint density at radius 3 is 2.56 bits per heavy atom. The standard InChI is InChI=1S/C17H23Cl/c1-13-8-9-16(14(2)10-13)11-17(12-18)15-6-4-3-5-7-15/h8-11,15H,3-7,12H2,1-2H3. The van der Waals surface area contributed by atoms with E-state index < -0.39 is 0 Å². The molecule has 1 saturated carbocycles. The Bertz CT molecular complexity index is 425. The van der Waals surface area contributed by atoms with Crippen LogP contribution in [0.4, 0.5) is 0 Å². The van der Waals surface area contributed by atoms with Crippen molar-refractivity contribution in [2.45, 2.75) is 46.0 Å². The van der Waals surface area contributed by atoms with Gasteiger partial charge in [0.05, 0.1) is 0 Å². The van der Waals surface area contributed by atoms with Crippen LogP contribution in [0.15, 0.2) is 23.8 Å². The van der Waals surface area contributed by atoms with Crippen LogP contribution in [-0.2, 0) is 0 Å². The fourth-order valence-corrected chi connectivity index (χ4v) is 3.22. The molecule has 0 atom stereocenters. The van der Waals surface area contributed by atoms with Crippen LogP contribution in [0.25, 0.3) is 6.08 Å². The first-order valence-corrected chi connectivity index (χ1v) is 7.58. The molecule has 0 radical (unpaired) electrons. The molecule has 0 spiro atoms. The van der Waals surface area contributed by atoms with E-state index >= 15 is 0 Å². The Morgan fingerprint density at radius 1 is 1.22 bits per heavy atom. The van der Waals surface area contributed by atoms with Crippen LogP contribution in [0.3, 0.4) is 0 Å². The fourth-order valence-electron chi connectivity index (χ4n) is 2.93. The van der Waals surface area contributed by atoms with Crippen LogP contribution in [0.2, 0.25) is 0 Å². The van der Waals surface area contributed by atoms with Crippen molar-refractivity contribution in [3.05, 3.63) is 40.5 Å². The quantitative estimate of drug-likeness (QED) is 0.631. The van der Waals surface area contributed by atoms with Crippen molar-refractivity contribution in [2.75, 3.05) is 5.88 Å². The highest BCUT2D eigenvalue weighted by Crippen LogP contribution is 2.31. The number of rotatable bonds is 3. The van der Waals surface area contributed by atoms with Crippen molar-refractivity contribution < 1.29 is 0 Å². The Kier molecular flexibility index (Phi) is 4.88. The third kappa shape index (κ3) is 3.38. The highest BCUT2D eigenvalue weighted by Gasteiger charge is 2.17. The Balaban J connectivity index is 2.22. The molecule has 0 heterocycles. The molecule has 0 aliphatic heterocycles. The second-order valence-electron chi connectivity index (χ2n) is 5.55. The highest BCUT2D eigenvalue weighted by molar-refractivity contribution is 6.19. The molecule has 0 amide bonds. The van der Waals surface area contributed by atoms with E-state index in [1.807, 2.05) is 0 Å². The van der Waals surface area contributed by atoms with Crippen LogP contribution < -0.4 is 0 Å². The first-order valence-electron chi connectivity index (χ1n) is 7.04. The third-order valence-corrected chi connectivity index (χ3v) is 4.36. The highest BCUT2D eigenvalue weighted by atomic mass is 35.5. The number of hydrogen-bond acceptors (Lipinski definition) is 0. The van der Waals surface area contributed by atoms with E-state index in [4.69, 9.17) is 11.6 Å². The van der Waals surface area contributed by atoms with Gasteiger partial charge in [-0.2, -0.15) is 0 Å². The van der Waals surface area contributed by atoms with Crippen molar-refractivity contribution in [1.29, 1.82) is 0 Å². The van der Waals surface area contributed by atoms with Gasteiger partial charge in [0.2, 0.25) is 0 Å². The molecule has 0 bridgehead atoms. The third-order valence-electron chi connectivity index (χ3n) is 4.05. The van der Waals surface area contributed by atoms with Crippen molar-refractivity contribution in [3.8, 4) is 0 Å². The topological polar surface area (TPSA) is 0 Å². The first-order chi connectivity index (χ1) is 8.70. The van der Waals surface area contributed by atoms with Gasteiger partial charge in [-0.05, 0) is 43.7 Å².